The Morgan fingerprint density at radius 2 is 1.88 bits per heavy atom. The lowest BCUT2D eigenvalue weighted by Crippen LogP contribution is -2.17. The molecule has 0 spiro atoms. The number of nitrogens with zero attached hydrogens (tertiary/aromatic N) is 2. The van der Waals surface area contributed by atoms with Crippen molar-refractivity contribution in [1.82, 2.24) is 0 Å². The number of hydrogen-bond donors (Lipinski definition) is 1. The Morgan fingerprint density at radius 1 is 1.16 bits per heavy atom. The van der Waals surface area contributed by atoms with Crippen LogP contribution in [0, 0.1) is 11.3 Å². The number of nitrogens with one attached hydrogen (secondary N) is 1. The van der Waals surface area contributed by atoms with Crippen LogP contribution in [0.2, 0.25) is 5.02 Å². The number of carbonyl (C=O) groups is 1. The van der Waals surface area contributed by atoms with Gasteiger partial charge in [-0.25, -0.2) is 0 Å². The van der Waals surface area contributed by atoms with E-state index >= 15 is 0 Å². The summed E-state index contributed by atoms with van der Waals surface area (Å²) in [4.78, 5) is 14.6. The molecule has 0 aromatic heterocycles. The van der Waals surface area contributed by atoms with E-state index in [-0.39, 0.29) is 5.57 Å². The molecule has 126 valence electrons. The van der Waals surface area contributed by atoms with E-state index in [1.807, 2.05) is 30.3 Å². The smallest absolute Gasteiger partial charge is 0.266 e. The molecular weight excluding hydrogens is 334 g/mol. The minimum atomic E-state index is -0.451. The number of nitriles is 1. The molecule has 0 radical (unpaired) electrons. The van der Waals surface area contributed by atoms with Gasteiger partial charge >= 0.3 is 0 Å². The molecule has 1 N–H and O–H groups in total. The second-order valence-electron chi connectivity index (χ2n) is 5.92. The van der Waals surface area contributed by atoms with Crippen molar-refractivity contribution in [2.24, 2.45) is 0 Å². The van der Waals surface area contributed by atoms with E-state index in [4.69, 9.17) is 11.6 Å². The molecule has 1 heterocycles. The predicted octanol–water partition coefficient (Wildman–Crippen LogP) is 4.49. The number of benzene rings is 2. The molecule has 3 rings (SSSR count). The van der Waals surface area contributed by atoms with Gasteiger partial charge in [0.05, 0.1) is 0 Å². The maximum atomic E-state index is 12.3. The highest BCUT2D eigenvalue weighted by Gasteiger charge is 2.12. The maximum Gasteiger partial charge on any atom is 0.266 e. The van der Waals surface area contributed by atoms with Gasteiger partial charge in [-0.1, -0.05) is 29.8 Å². The van der Waals surface area contributed by atoms with Crippen LogP contribution in [-0.4, -0.2) is 19.0 Å². The molecule has 0 atom stereocenters. The SMILES string of the molecule is N#CC(=Cc1ccc(N2CCCC2)cc1)C(=O)Nc1cccc(Cl)c1. The lowest BCUT2D eigenvalue weighted by Gasteiger charge is -2.17. The number of halogens is 1. The van der Waals surface area contributed by atoms with Gasteiger partial charge in [0.25, 0.3) is 5.91 Å². The second kappa shape index (κ2) is 7.87. The number of anilines is 2. The fourth-order valence-corrected chi connectivity index (χ4v) is 3.03. The van der Waals surface area contributed by atoms with Crippen LogP contribution in [0.3, 0.4) is 0 Å². The molecule has 1 aliphatic rings. The van der Waals surface area contributed by atoms with E-state index in [2.05, 4.69) is 10.2 Å². The molecule has 1 amide bonds. The predicted molar refractivity (Wildman–Crippen MR) is 102 cm³/mol. The van der Waals surface area contributed by atoms with Crippen LogP contribution in [0.5, 0.6) is 0 Å². The highest BCUT2D eigenvalue weighted by Crippen LogP contribution is 2.21. The molecule has 0 aliphatic carbocycles. The third kappa shape index (κ3) is 4.40. The van der Waals surface area contributed by atoms with E-state index in [0.29, 0.717) is 10.7 Å². The maximum absolute atomic E-state index is 12.3. The van der Waals surface area contributed by atoms with E-state index in [0.717, 1.165) is 18.7 Å². The molecule has 1 fully saturated rings. The molecular formula is C20H18ClN3O. The molecule has 0 bridgehead atoms. The van der Waals surface area contributed by atoms with Crippen LogP contribution in [0.15, 0.2) is 54.1 Å². The lowest BCUT2D eigenvalue weighted by atomic mass is 10.1. The molecule has 25 heavy (non-hydrogen) atoms. The monoisotopic (exact) mass is 351 g/mol. The van der Waals surface area contributed by atoms with Gasteiger partial charge in [0, 0.05) is 29.5 Å². The number of amides is 1. The van der Waals surface area contributed by atoms with Crippen molar-refractivity contribution in [2.75, 3.05) is 23.3 Å². The summed E-state index contributed by atoms with van der Waals surface area (Å²) in [7, 11) is 0. The van der Waals surface area contributed by atoms with Gasteiger partial charge in [-0.3, -0.25) is 4.79 Å². The van der Waals surface area contributed by atoms with Gasteiger partial charge in [0.1, 0.15) is 11.6 Å². The topological polar surface area (TPSA) is 56.1 Å². The van der Waals surface area contributed by atoms with E-state index in [9.17, 15) is 10.1 Å². The Kier molecular flexibility index (Phi) is 5.37. The van der Waals surface area contributed by atoms with E-state index in [1.165, 1.54) is 18.5 Å². The van der Waals surface area contributed by atoms with Crippen molar-refractivity contribution in [3.05, 3.63) is 64.7 Å². The molecule has 1 aliphatic heterocycles. The molecule has 1 saturated heterocycles. The summed E-state index contributed by atoms with van der Waals surface area (Å²) in [5.41, 5.74) is 2.61. The summed E-state index contributed by atoms with van der Waals surface area (Å²) in [6.07, 6.45) is 4.04. The highest BCUT2D eigenvalue weighted by molar-refractivity contribution is 6.31. The molecule has 2 aromatic carbocycles. The van der Waals surface area contributed by atoms with Gasteiger partial charge in [0.2, 0.25) is 0 Å². The Hall–Kier alpha value is -2.77. The molecule has 2 aromatic rings. The summed E-state index contributed by atoms with van der Waals surface area (Å²) < 4.78 is 0. The molecule has 0 unspecified atom stereocenters. The highest BCUT2D eigenvalue weighted by atomic mass is 35.5. The first kappa shape index (κ1) is 17.1. The average molecular weight is 352 g/mol. The lowest BCUT2D eigenvalue weighted by molar-refractivity contribution is -0.112. The number of rotatable bonds is 4. The van der Waals surface area contributed by atoms with Crippen molar-refractivity contribution in [2.45, 2.75) is 12.8 Å². The van der Waals surface area contributed by atoms with Gasteiger partial charge in [0.15, 0.2) is 0 Å². The van der Waals surface area contributed by atoms with Crippen LogP contribution >= 0.6 is 11.6 Å². The minimum absolute atomic E-state index is 0.0499. The van der Waals surface area contributed by atoms with Crippen LogP contribution in [0.1, 0.15) is 18.4 Å². The van der Waals surface area contributed by atoms with Gasteiger partial charge in [-0.15, -0.1) is 0 Å². The van der Waals surface area contributed by atoms with Crippen LogP contribution < -0.4 is 10.2 Å². The van der Waals surface area contributed by atoms with Crippen LogP contribution in [-0.2, 0) is 4.79 Å². The largest absolute Gasteiger partial charge is 0.372 e. The van der Waals surface area contributed by atoms with Gasteiger partial charge < -0.3 is 10.2 Å². The molecule has 4 nitrogen and oxygen atoms in total. The molecule has 5 heteroatoms. The van der Waals surface area contributed by atoms with Crippen molar-refractivity contribution in [1.29, 1.82) is 5.26 Å². The van der Waals surface area contributed by atoms with Crippen molar-refractivity contribution in [3.8, 4) is 6.07 Å². The second-order valence-corrected chi connectivity index (χ2v) is 6.36. The molecule has 0 saturated carbocycles. The summed E-state index contributed by atoms with van der Waals surface area (Å²) in [5.74, 6) is -0.451. The first-order valence-corrected chi connectivity index (χ1v) is 8.57. The van der Waals surface area contributed by atoms with Gasteiger partial charge in [-0.05, 0) is 54.8 Å². The standard InChI is InChI=1S/C20H18ClN3O/c21-17-4-3-5-18(13-17)23-20(25)16(14-22)12-15-6-8-19(9-7-15)24-10-1-2-11-24/h3-9,12-13H,1-2,10-11H2,(H,23,25). The zero-order chi connectivity index (χ0) is 17.6. The van der Waals surface area contributed by atoms with Crippen LogP contribution in [0.25, 0.3) is 6.08 Å². The van der Waals surface area contributed by atoms with Crippen molar-refractivity contribution >= 4 is 35.0 Å². The van der Waals surface area contributed by atoms with E-state index in [1.54, 1.807) is 30.3 Å². The summed E-state index contributed by atoms with van der Waals surface area (Å²) >= 11 is 5.91. The van der Waals surface area contributed by atoms with Crippen molar-refractivity contribution < 1.29 is 4.79 Å². The average Bonchev–Trinajstić information content (AvgIpc) is 3.14. The minimum Gasteiger partial charge on any atom is -0.372 e. The number of carbonyl (C=O) groups excluding carboxylic acids is 1. The summed E-state index contributed by atoms with van der Waals surface area (Å²) in [6, 6.07) is 16.7. The Labute approximate surface area is 152 Å². The fraction of sp³-hybridized carbons (Fsp3) is 0.200. The Bertz CT molecular complexity index is 831. The van der Waals surface area contributed by atoms with E-state index < -0.39 is 5.91 Å². The first-order valence-electron chi connectivity index (χ1n) is 8.19. The zero-order valence-corrected chi connectivity index (χ0v) is 14.5. The Morgan fingerprint density at radius 3 is 2.52 bits per heavy atom. The Balaban J connectivity index is 1.73. The quantitative estimate of drug-likeness (QED) is 0.652. The van der Waals surface area contributed by atoms with Crippen LogP contribution in [0.4, 0.5) is 11.4 Å². The summed E-state index contributed by atoms with van der Waals surface area (Å²) in [6.45, 7) is 2.17. The number of hydrogen-bond acceptors (Lipinski definition) is 3. The third-order valence-corrected chi connectivity index (χ3v) is 4.36. The summed E-state index contributed by atoms with van der Waals surface area (Å²) in [5, 5.41) is 12.5. The fourth-order valence-electron chi connectivity index (χ4n) is 2.84. The first-order chi connectivity index (χ1) is 12.2. The zero-order valence-electron chi connectivity index (χ0n) is 13.7. The van der Waals surface area contributed by atoms with Crippen molar-refractivity contribution in [3.63, 3.8) is 0 Å². The normalized spacial score (nSPS) is 14.2. The third-order valence-electron chi connectivity index (χ3n) is 4.12. The van der Waals surface area contributed by atoms with Gasteiger partial charge in [-0.2, -0.15) is 5.26 Å².